The Kier molecular flexibility index (Phi) is 5.93. The third-order valence-corrected chi connectivity index (χ3v) is 11.6. The zero-order valence-electron chi connectivity index (χ0n) is 25.0. The molecule has 10 rings (SSSR count). The van der Waals surface area contributed by atoms with Crippen LogP contribution in [0.2, 0.25) is 0 Å². The lowest BCUT2D eigenvalue weighted by Crippen LogP contribution is -2.72. The molecule has 1 saturated carbocycles. The Hall–Kier alpha value is -3.59. The minimum atomic E-state index is -0.319. The molecule has 8 heteroatoms. The van der Waals surface area contributed by atoms with Crippen molar-refractivity contribution in [1.29, 1.82) is 0 Å². The second kappa shape index (κ2) is 9.45. The lowest BCUT2D eigenvalue weighted by atomic mass is 9.62. The molecule has 0 radical (unpaired) electrons. The van der Waals surface area contributed by atoms with E-state index in [-0.39, 0.29) is 17.7 Å². The summed E-state index contributed by atoms with van der Waals surface area (Å²) in [5.41, 5.74) is 17.6. The minimum absolute atomic E-state index is 0.126. The molecule has 43 heavy (non-hydrogen) atoms. The van der Waals surface area contributed by atoms with Gasteiger partial charge in [-0.25, -0.2) is 4.98 Å². The highest BCUT2D eigenvalue weighted by Gasteiger charge is 2.76. The van der Waals surface area contributed by atoms with Crippen LogP contribution in [-0.4, -0.2) is 64.2 Å². The molecule has 1 aliphatic carbocycles. The highest BCUT2D eigenvalue weighted by molar-refractivity contribution is 6.07. The summed E-state index contributed by atoms with van der Waals surface area (Å²) in [5, 5.41) is 24.5. The van der Waals surface area contributed by atoms with Crippen LogP contribution in [0.15, 0.2) is 60.7 Å². The first-order valence-electron chi connectivity index (χ1n) is 15.8. The standard InChI is InChI=1S/C20H26N2O2.C15H15N3O/c1-3-10-11-8-14-17-20(12-6-4-5-7-13(12)21(17)2)9-15(16(11)18(20)23)22(14)19(10)24;1-2-19-10-4-6-13-12(8-10)15(17)11-5-3-9(16)7-14(11)18-13/h4-7,10-11,14-19,23-24H,3,8-9H2,1-2H3;3-8H,2,16H2,1H3,(H2,17,18)/t10-,11-,14-,15-,16?,17-,18+,19+,20+;/m0./s1. The van der Waals surface area contributed by atoms with E-state index in [1.807, 2.05) is 43.3 Å². The number of fused-ring (bicyclic) bond motifs is 4. The second-order valence-corrected chi connectivity index (χ2v) is 13.2. The quantitative estimate of drug-likeness (QED) is 0.207. The molecule has 6 heterocycles. The monoisotopic (exact) mass is 579 g/mol. The van der Waals surface area contributed by atoms with Gasteiger partial charge < -0.3 is 31.3 Å². The van der Waals surface area contributed by atoms with Gasteiger partial charge in [-0.3, -0.25) is 4.90 Å². The number of likely N-dealkylation sites (N-methyl/N-ethyl adjacent to an activating group) is 1. The number of rotatable bonds is 3. The molecule has 4 saturated heterocycles. The molecule has 224 valence electrons. The molecule has 6 aliphatic rings. The van der Waals surface area contributed by atoms with Crippen LogP contribution in [0.1, 0.15) is 38.7 Å². The number of nitrogens with two attached hydrogens (primary N) is 2. The number of pyridine rings is 1. The van der Waals surface area contributed by atoms with E-state index >= 15 is 0 Å². The Bertz CT molecular complexity index is 1750. The van der Waals surface area contributed by atoms with Gasteiger partial charge in [-0.2, -0.15) is 0 Å². The van der Waals surface area contributed by atoms with Gasteiger partial charge in [0.1, 0.15) is 12.0 Å². The van der Waals surface area contributed by atoms with Gasteiger partial charge in [-0.05, 0) is 80.1 Å². The first-order chi connectivity index (χ1) is 20.8. The van der Waals surface area contributed by atoms with Crippen LogP contribution < -0.4 is 21.1 Å². The number of ether oxygens (including phenoxy) is 1. The van der Waals surface area contributed by atoms with Crippen molar-refractivity contribution in [2.24, 2.45) is 17.8 Å². The van der Waals surface area contributed by atoms with E-state index < -0.39 is 0 Å². The van der Waals surface area contributed by atoms with Gasteiger partial charge in [0.05, 0.1) is 35.5 Å². The number of benzene rings is 3. The average molecular weight is 580 g/mol. The van der Waals surface area contributed by atoms with Gasteiger partial charge in [0, 0.05) is 58.5 Å². The van der Waals surface area contributed by atoms with Crippen LogP contribution in [0.25, 0.3) is 21.8 Å². The van der Waals surface area contributed by atoms with Crippen LogP contribution in [-0.2, 0) is 5.41 Å². The number of piperidine rings is 4. The summed E-state index contributed by atoms with van der Waals surface area (Å²) >= 11 is 0. The minimum Gasteiger partial charge on any atom is -0.494 e. The zero-order chi connectivity index (χ0) is 29.8. The van der Waals surface area contributed by atoms with Crippen LogP contribution in [0, 0.1) is 17.8 Å². The van der Waals surface area contributed by atoms with Crippen molar-refractivity contribution >= 4 is 38.9 Å². The molecule has 10 atom stereocenters. The van der Waals surface area contributed by atoms with Crippen molar-refractivity contribution in [3.63, 3.8) is 0 Å². The van der Waals surface area contributed by atoms with Gasteiger partial charge in [-0.15, -0.1) is 0 Å². The van der Waals surface area contributed by atoms with E-state index in [9.17, 15) is 10.2 Å². The van der Waals surface area contributed by atoms with Crippen molar-refractivity contribution in [2.75, 3.05) is 30.0 Å². The van der Waals surface area contributed by atoms with Gasteiger partial charge in [0.2, 0.25) is 0 Å². The number of hydrogen-bond acceptors (Lipinski definition) is 8. The van der Waals surface area contributed by atoms with Gasteiger partial charge in [0.15, 0.2) is 0 Å². The zero-order valence-corrected chi connectivity index (χ0v) is 25.0. The molecule has 5 bridgehead atoms. The number of hydrogen-bond donors (Lipinski definition) is 4. The number of aliphatic hydroxyl groups is 2. The largest absolute Gasteiger partial charge is 0.494 e. The Morgan fingerprint density at radius 1 is 0.977 bits per heavy atom. The molecule has 4 aromatic rings. The first kappa shape index (κ1) is 27.0. The van der Waals surface area contributed by atoms with Gasteiger partial charge in [-0.1, -0.05) is 25.1 Å². The third-order valence-electron chi connectivity index (χ3n) is 11.6. The second-order valence-electron chi connectivity index (χ2n) is 13.2. The Morgan fingerprint density at radius 2 is 1.79 bits per heavy atom. The van der Waals surface area contributed by atoms with E-state index in [1.165, 1.54) is 11.3 Å². The number of anilines is 3. The summed E-state index contributed by atoms with van der Waals surface area (Å²) in [6.07, 6.45) is 2.56. The Labute approximate surface area is 252 Å². The topological polar surface area (TPSA) is 121 Å². The summed E-state index contributed by atoms with van der Waals surface area (Å²) in [6, 6.07) is 21.0. The molecule has 3 aromatic carbocycles. The fraction of sp³-hybridized carbons (Fsp3) is 0.457. The van der Waals surface area contributed by atoms with Crippen LogP contribution in [0.5, 0.6) is 5.75 Å². The number of nitrogen functional groups attached to an aromatic ring is 2. The van der Waals surface area contributed by atoms with E-state index in [0.717, 1.165) is 46.8 Å². The lowest BCUT2D eigenvalue weighted by Gasteiger charge is -2.62. The van der Waals surface area contributed by atoms with Crippen molar-refractivity contribution in [2.45, 2.75) is 69.0 Å². The smallest absolute Gasteiger partial charge is 0.120 e. The molecular weight excluding hydrogens is 538 g/mol. The number of aliphatic hydroxyl groups excluding tert-OH is 2. The molecule has 5 aliphatic heterocycles. The number of nitrogens with zero attached hydrogens (tertiary/aromatic N) is 3. The van der Waals surface area contributed by atoms with E-state index in [4.69, 9.17) is 16.2 Å². The molecule has 6 N–H and O–H groups in total. The van der Waals surface area contributed by atoms with E-state index in [1.54, 1.807) is 0 Å². The molecular formula is C35H41N5O3. The summed E-state index contributed by atoms with van der Waals surface area (Å²) < 4.78 is 5.50. The molecule has 0 amide bonds. The van der Waals surface area contributed by atoms with Crippen molar-refractivity contribution in [1.82, 2.24) is 9.88 Å². The summed E-state index contributed by atoms with van der Waals surface area (Å²) in [7, 11) is 2.19. The number of para-hydroxylation sites is 1. The fourth-order valence-electron chi connectivity index (χ4n) is 10.1. The van der Waals surface area contributed by atoms with E-state index in [0.29, 0.717) is 53.9 Å². The molecule has 5 fully saturated rings. The first-order valence-corrected chi connectivity index (χ1v) is 15.8. The summed E-state index contributed by atoms with van der Waals surface area (Å²) in [4.78, 5) is 9.41. The maximum Gasteiger partial charge on any atom is 0.120 e. The van der Waals surface area contributed by atoms with Crippen LogP contribution in [0.4, 0.5) is 17.1 Å². The molecule has 8 nitrogen and oxygen atoms in total. The maximum atomic E-state index is 11.6. The predicted octanol–water partition coefficient (Wildman–Crippen LogP) is 4.51. The van der Waals surface area contributed by atoms with Gasteiger partial charge >= 0.3 is 0 Å². The van der Waals surface area contributed by atoms with Gasteiger partial charge in [0.25, 0.3) is 0 Å². The maximum absolute atomic E-state index is 11.6. The predicted molar refractivity (Wildman–Crippen MR) is 171 cm³/mol. The molecule has 1 spiro atoms. The molecule has 2 unspecified atom stereocenters. The Balaban J connectivity index is 0.000000133. The summed E-state index contributed by atoms with van der Waals surface area (Å²) in [6.45, 7) is 4.77. The average Bonchev–Trinajstić information content (AvgIpc) is 3.39. The van der Waals surface area contributed by atoms with Crippen molar-refractivity contribution < 1.29 is 14.9 Å². The fourth-order valence-corrected chi connectivity index (χ4v) is 10.1. The number of aromatic nitrogens is 1. The SMILES string of the molecule is CCOc1ccc2nc3cc(N)ccc3c(N)c2c1.CC[C@H]1[C@@H]2C[C@H]3[C@@H]4N(C)c5ccccc5[C@]45C[C@@H](C2[C@H]5O)N3[C@@H]1O. The lowest BCUT2D eigenvalue weighted by molar-refractivity contribution is -0.211. The van der Waals surface area contributed by atoms with Crippen LogP contribution in [0.3, 0.4) is 0 Å². The highest BCUT2D eigenvalue weighted by atomic mass is 16.5. The van der Waals surface area contributed by atoms with Crippen LogP contribution >= 0.6 is 0 Å². The molecule has 1 aromatic heterocycles. The summed E-state index contributed by atoms with van der Waals surface area (Å²) in [5.74, 6) is 1.94. The highest BCUT2D eigenvalue weighted by Crippen LogP contribution is 2.68. The van der Waals surface area contributed by atoms with Crippen molar-refractivity contribution in [3.8, 4) is 5.75 Å². The third kappa shape index (κ3) is 3.45. The van der Waals surface area contributed by atoms with Crippen molar-refractivity contribution in [3.05, 3.63) is 66.2 Å². The van der Waals surface area contributed by atoms with E-state index in [2.05, 4.69) is 53.0 Å². The Morgan fingerprint density at radius 3 is 2.58 bits per heavy atom. The normalized spacial score (nSPS) is 36.0.